The van der Waals surface area contributed by atoms with Crippen LogP contribution in [-0.2, 0) is 4.79 Å². The topological polar surface area (TPSA) is 60.2 Å². The van der Waals surface area contributed by atoms with Crippen LogP contribution in [0, 0.1) is 6.92 Å². The summed E-state index contributed by atoms with van der Waals surface area (Å²) in [5.74, 6) is 1.12. The lowest BCUT2D eigenvalue weighted by Crippen LogP contribution is -2.33. The third kappa shape index (κ3) is 4.83. The van der Waals surface area contributed by atoms with Crippen molar-refractivity contribution in [1.82, 2.24) is 19.7 Å². The van der Waals surface area contributed by atoms with Gasteiger partial charge in [-0.2, -0.15) is 5.10 Å². The Hall–Kier alpha value is -3.15. The van der Waals surface area contributed by atoms with Crippen molar-refractivity contribution in [3.8, 4) is 11.4 Å². The van der Waals surface area contributed by atoms with Crippen LogP contribution in [0.5, 0.6) is 5.75 Å². The van der Waals surface area contributed by atoms with Crippen molar-refractivity contribution in [3.05, 3.63) is 71.8 Å². The highest BCUT2D eigenvalue weighted by molar-refractivity contribution is 5.78. The van der Waals surface area contributed by atoms with Crippen molar-refractivity contribution in [2.24, 2.45) is 0 Å². The quantitative estimate of drug-likeness (QED) is 0.602. The summed E-state index contributed by atoms with van der Waals surface area (Å²) in [6, 6.07) is 14.0. The molecule has 2 aromatic carbocycles. The SMILES string of the molecule is Cc1ccc(C(C)C)cc1OCC(=O)N(C)[C@H](C)c1ccc(-n2cncn2)cc1. The van der Waals surface area contributed by atoms with Gasteiger partial charge in [0, 0.05) is 7.05 Å². The lowest BCUT2D eigenvalue weighted by atomic mass is 10.0. The Morgan fingerprint density at radius 2 is 1.79 bits per heavy atom. The van der Waals surface area contributed by atoms with Gasteiger partial charge in [0.1, 0.15) is 18.4 Å². The molecule has 0 bridgehead atoms. The predicted octanol–water partition coefficient (Wildman–Crippen LogP) is 4.30. The molecule has 6 nitrogen and oxygen atoms in total. The Morgan fingerprint density at radius 3 is 2.41 bits per heavy atom. The van der Waals surface area contributed by atoms with Gasteiger partial charge in [0.15, 0.2) is 6.61 Å². The van der Waals surface area contributed by atoms with Crippen molar-refractivity contribution >= 4 is 5.91 Å². The van der Waals surface area contributed by atoms with Gasteiger partial charge in [-0.05, 0) is 54.7 Å². The number of hydrogen-bond acceptors (Lipinski definition) is 4. The third-order valence-electron chi connectivity index (χ3n) is 5.26. The van der Waals surface area contributed by atoms with Crippen molar-refractivity contribution in [3.63, 3.8) is 0 Å². The summed E-state index contributed by atoms with van der Waals surface area (Å²) in [5.41, 5.74) is 4.20. The number of likely N-dealkylation sites (N-methyl/N-ethyl adjacent to an activating group) is 1. The lowest BCUT2D eigenvalue weighted by Gasteiger charge is -2.26. The number of aromatic nitrogens is 3. The number of hydrogen-bond donors (Lipinski definition) is 0. The van der Waals surface area contributed by atoms with Crippen LogP contribution >= 0.6 is 0 Å². The molecule has 1 heterocycles. The van der Waals surface area contributed by atoms with E-state index in [-0.39, 0.29) is 18.6 Å². The van der Waals surface area contributed by atoms with Crippen LogP contribution in [-0.4, -0.2) is 39.2 Å². The summed E-state index contributed by atoms with van der Waals surface area (Å²) in [7, 11) is 1.80. The molecule has 0 radical (unpaired) electrons. The van der Waals surface area contributed by atoms with Gasteiger partial charge >= 0.3 is 0 Å². The Balaban J connectivity index is 1.63. The van der Waals surface area contributed by atoms with Crippen LogP contribution in [0.4, 0.5) is 0 Å². The van der Waals surface area contributed by atoms with Gasteiger partial charge in [-0.15, -0.1) is 0 Å². The van der Waals surface area contributed by atoms with Gasteiger partial charge in [0.05, 0.1) is 11.7 Å². The van der Waals surface area contributed by atoms with E-state index in [2.05, 4.69) is 30.0 Å². The van der Waals surface area contributed by atoms with E-state index < -0.39 is 0 Å². The molecule has 1 atom stereocenters. The first kappa shape index (κ1) is 20.6. The Labute approximate surface area is 172 Å². The minimum atomic E-state index is -0.0704. The van der Waals surface area contributed by atoms with E-state index in [1.165, 1.54) is 11.9 Å². The summed E-state index contributed by atoms with van der Waals surface area (Å²) in [6.07, 6.45) is 3.16. The van der Waals surface area contributed by atoms with Crippen LogP contribution in [0.25, 0.3) is 5.69 Å². The number of rotatable bonds is 7. The maximum atomic E-state index is 12.7. The van der Waals surface area contributed by atoms with Crippen LogP contribution in [0.1, 0.15) is 49.4 Å². The largest absolute Gasteiger partial charge is 0.483 e. The molecule has 1 aromatic heterocycles. The number of aryl methyl sites for hydroxylation is 1. The number of amides is 1. The minimum absolute atomic E-state index is 0.0142. The summed E-state index contributed by atoms with van der Waals surface area (Å²) in [4.78, 5) is 18.4. The molecule has 6 heteroatoms. The van der Waals surface area contributed by atoms with Crippen molar-refractivity contribution in [1.29, 1.82) is 0 Å². The average molecular weight is 393 g/mol. The smallest absolute Gasteiger partial charge is 0.260 e. The Kier molecular flexibility index (Phi) is 6.32. The summed E-state index contributed by atoms with van der Waals surface area (Å²) in [6.45, 7) is 8.30. The summed E-state index contributed by atoms with van der Waals surface area (Å²) in [5, 5.41) is 4.13. The fourth-order valence-electron chi connectivity index (χ4n) is 3.06. The molecular formula is C23H28N4O2. The molecular weight excluding hydrogens is 364 g/mol. The second-order valence-electron chi connectivity index (χ2n) is 7.58. The number of carbonyl (C=O) groups is 1. The van der Waals surface area contributed by atoms with Crippen LogP contribution in [0.2, 0.25) is 0 Å². The van der Waals surface area contributed by atoms with Gasteiger partial charge in [0.2, 0.25) is 0 Å². The molecule has 0 spiro atoms. The van der Waals surface area contributed by atoms with Crippen molar-refractivity contribution < 1.29 is 9.53 Å². The monoisotopic (exact) mass is 392 g/mol. The van der Waals surface area contributed by atoms with E-state index in [0.717, 1.165) is 22.6 Å². The number of benzene rings is 2. The summed E-state index contributed by atoms with van der Waals surface area (Å²) >= 11 is 0. The molecule has 0 aliphatic rings. The highest BCUT2D eigenvalue weighted by Crippen LogP contribution is 2.25. The Bertz CT molecular complexity index is 950. The van der Waals surface area contributed by atoms with E-state index >= 15 is 0 Å². The lowest BCUT2D eigenvalue weighted by molar-refractivity contribution is -0.134. The molecule has 0 aliphatic carbocycles. The fraction of sp³-hybridized carbons (Fsp3) is 0.348. The fourth-order valence-corrected chi connectivity index (χ4v) is 3.06. The van der Waals surface area contributed by atoms with Crippen LogP contribution in [0.15, 0.2) is 55.1 Å². The van der Waals surface area contributed by atoms with Crippen molar-refractivity contribution in [2.75, 3.05) is 13.7 Å². The minimum Gasteiger partial charge on any atom is -0.483 e. The van der Waals surface area contributed by atoms with Gasteiger partial charge in [-0.25, -0.2) is 9.67 Å². The normalized spacial score (nSPS) is 12.1. The first-order chi connectivity index (χ1) is 13.9. The molecule has 152 valence electrons. The number of nitrogens with zero attached hydrogens (tertiary/aromatic N) is 4. The van der Waals surface area contributed by atoms with Gasteiger partial charge < -0.3 is 9.64 Å². The summed E-state index contributed by atoms with van der Waals surface area (Å²) < 4.78 is 7.55. The molecule has 1 amide bonds. The zero-order valence-corrected chi connectivity index (χ0v) is 17.7. The molecule has 0 N–H and O–H groups in total. The molecule has 29 heavy (non-hydrogen) atoms. The van der Waals surface area contributed by atoms with Crippen LogP contribution < -0.4 is 4.74 Å². The van der Waals surface area contributed by atoms with Gasteiger partial charge in [-0.3, -0.25) is 4.79 Å². The first-order valence-corrected chi connectivity index (χ1v) is 9.80. The molecule has 3 aromatic rings. The maximum Gasteiger partial charge on any atom is 0.260 e. The maximum absolute atomic E-state index is 12.7. The van der Waals surface area contributed by atoms with Crippen molar-refractivity contribution in [2.45, 2.75) is 39.7 Å². The molecule has 0 aliphatic heterocycles. The second kappa shape index (κ2) is 8.90. The average Bonchev–Trinajstić information content (AvgIpc) is 3.26. The van der Waals surface area contributed by atoms with E-state index in [1.54, 1.807) is 23.0 Å². The standard InChI is InChI=1S/C23H28N4O2/c1-16(2)20-7-6-17(3)22(12-20)29-13-23(28)26(5)18(4)19-8-10-21(11-9-19)27-15-24-14-25-27/h6-12,14-16,18H,13H2,1-5H3/t18-/m1/s1. The zero-order chi connectivity index (χ0) is 21.0. The third-order valence-corrected chi connectivity index (χ3v) is 5.26. The molecule has 0 saturated carbocycles. The number of ether oxygens (including phenoxy) is 1. The van der Waals surface area contributed by atoms with E-state index in [1.807, 2.05) is 50.2 Å². The van der Waals surface area contributed by atoms with Crippen LogP contribution in [0.3, 0.4) is 0 Å². The molecule has 0 saturated heterocycles. The second-order valence-corrected chi connectivity index (χ2v) is 7.58. The molecule has 3 rings (SSSR count). The van der Waals surface area contributed by atoms with E-state index in [9.17, 15) is 4.79 Å². The predicted molar refractivity (Wildman–Crippen MR) is 113 cm³/mol. The van der Waals surface area contributed by atoms with E-state index in [0.29, 0.717) is 5.92 Å². The Morgan fingerprint density at radius 1 is 1.10 bits per heavy atom. The number of carbonyl (C=O) groups excluding carboxylic acids is 1. The molecule has 0 fully saturated rings. The van der Waals surface area contributed by atoms with Gasteiger partial charge in [-0.1, -0.05) is 38.1 Å². The highest BCUT2D eigenvalue weighted by atomic mass is 16.5. The van der Waals surface area contributed by atoms with Gasteiger partial charge in [0.25, 0.3) is 5.91 Å². The first-order valence-electron chi connectivity index (χ1n) is 9.80. The van der Waals surface area contributed by atoms with E-state index in [4.69, 9.17) is 4.74 Å². The zero-order valence-electron chi connectivity index (χ0n) is 17.7. The molecule has 0 unspecified atom stereocenters. The highest BCUT2D eigenvalue weighted by Gasteiger charge is 2.18.